The Morgan fingerprint density at radius 3 is 2.57 bits per heavy atom. The van der Waals surface area contributed by atoms with Gasteiger partial charge in [-0.3, -0.25) is 4.89 Å². The molecule has 116 valence electrons. The molecule has 0 aliphatic rings. The maximum absolute atomic E-state index is 11.4. The van der Waals surface area contributed by atoms with E-state index in [2.05, 4.69) is 16.8 Å². The topological polar surface area (TPSA) is 44.8 Å². The van der Waals surface area contributed by atoms with Crippen LogP contribution in [0.15, 0.2) is 42.5 Å². The van der Waals surface area contributed by atoms with E-state index in [4.69, 9.17) is 4.89 Å². The molecule has 0 amide bonds. The highest BCUT2D eigenvalue weighted by Crippen LogP contribution is 2.24. The second-order valence-corrected chi connectivity index (χ2v) is 5.33. The van der Waals surface area contributed by atoms with E-state index in [9.17, 15) is 4.79 Å². The summed E-state index contributed by atoms with van der Waals surface area (Å²) in [5, 5.41) is 4.59. The van der Waals surface area contributed by atoms with Crippen LogP contribution in [-0.2, 0) is 25.2 Å². The molecule has 0 atom stereocenters. The number of carbonyl (C=O) groups is 1. The maximum atomic E-state index is 11.4. The molecule has 0 bridgehead atoms. The fraction of sp³-hybridized carbons (Fsp3) is 0.471. The first-order valence-corrected chi connectivity index (χ1v) is 7.34. The Labute approximate surface area is 126 Å². The van der Waals surface area contributed by atoms with Crippen LogP contribution >= 0.6 is 0 Å². The van der Waals surface area contributed by atoms with Gasteiger partial charge in [0.25, 0.3) is 0 Å². The van der Waals surface area contributed by atoms with Gasteiger partial charge >= 0.3 is 5.97 Å². The summed E-state index contributed by atoms with van der Waals surface area (Å²) in [6.45, 7) is 5.80. The number of hydrogen-bond acceptors (Lipinski definition) is 4. The van der Waals surface area contributed by atoms with Crippen molar-refractivity contribution >= 4 is 5.97 Å². The van der Waals surface area contributed by atoms with Crippen molar-refractivity contribution in [2.45, 2.75) is 52.1 Å². The maximum Gasteiger partial charge on any atom is 0.368 e. The van der Waals surface area contributed by atoms with Crippen molar-refractivity contribution in [1.29, 1.82) is 0 Å². The first-order chi connectivity index (χ1) is 10.1. The van der Waals surface area contributed by atoms with Crippen molar-refractivity contribution < 1.29 is 19.6 Å². The minimum atomic E-state index is -0.702. The molecular formula is C17H24O4. The first kappa shape index (κ1) is 17.4. The van der Waals surface area contributed by atoms with Crippen LogP contribution in [0.1, 0.15) is 52.0 Å². The molecule has 0 aromatic heterocycles. The SMILES string of the molecule is CCCCCC=CC(=O)OOOC(C)(C)c1ccccc1. The molecule has 0 spiro atoms. The van der Waals surface area contributed by atoms with E-state index in [1.807, 2.05) is 44.2 Å². The minimum absolute atomic E-state index is 0.574. The van der Waals surface area contributed by atoms with Crippen LogP contribution in [0.3, 0.4) is 0 Å². The lowest BCUT2D eigenvalue weighted by atomic mass is 9.99. The highest BCUT2D eigenvalue weighted by Gasteiger charge is 2.23. The summed E-state index contributed by atoms with van der Waals surface area (Å²) in [6.07, 6.45) is 7.38. The van der Waals surface area contributed by atoms with Crippen molar-refractivity contribution in [3.63, 3.8) is 0 Å². The summed E-state index contributed by atoms with van der Waals surface area (Å²) in [7, 11) is 0. The van der Waals surface area contributed by atoms with E-state index in [0.717, 1.165) is 31.2 Å². The summed E-state index contributed by atoms with van der Waals surface area (Å²) in [4.78, 5) is 21.1. The number of unbranched alkanes of at least 4 members (excludes halogenated alkanes) is 3. The van der Waals surface area contributed by atoms with Crippen LogP contribution < -0.4 is 0 Å². The third-order valence-corrected chi connectivity index (χ3v) is 3.06. The summed E-state index contributed by atoms with van der Waals surface area (Å²) in [6, 6.07) is 9.57. The highest BCUT2D eigenvalue weighted by molar-refractivity contribution is 5.81. The second kappa shape index (κ2) is 9.32. The van der Waals surface area contributed by atoms with Gasteiger partial charge in [0.1, 0.15) is 5.60 Å². The fourth-order valence-electron chi connectivity index (χ4n) is 1.74. The average molecular weight is 292 g/mol. The van der Waals surface area contributed by atoms with E-state index in [1.54, 1.807) is 6.08 Å². The Balaban J connectivity index is 2.28. The molecule has 0 radical (unpaired) electrons. The van der Waals surface area contributed by atoms with Gasteiger partial charge in [0.2, 0.25) is 0 Å². The van der Waals surface area contributed by atoms with Crippen LogP contribution in [-0.4, -0.2) is 5.97 Å². The quantitative estimate of drug-likeness (QED) is 0.292. The van der Waals surface area contributed by atoms with Crippen LogP contribution in [0.25, 0.3) is 0 Å². The zero-order valence-corrected chi connectivity index (χ0v) is 13.0. The molecule has 0 saturated carbocycles. The van der Waals surface area contributed by atoms with E-state index in [-0.39, 0.29) is 0 Å². The average Bonchev–Trinajstić information content (AvgIpc) is 2.48. The Kier molecular flexibility index (Phi) is 7.72. The highest BCUT2D eigenvalue weighted by atomic mass is 17.5. The zero-order chi connectivity index (χ0) is 15.6. The zero-order valence-electron chi connectivity index (χ0n) is 13.0. The third kappa shape index (κ3) is 7.06. The molecule has 1 rings (SSSR count). The lowest BCUT2D eigenvalue weighted by Gasteiger charge is -2.22. The normalized spacial score (nSPS) is 11.8. The molecule has 4 heteroatoms. The van der Waals surface area contributed by atoms with Gasteiger partial charge in [-0.05, 0) is 37.3 Å². The Hall–Kier alpha value is -1.65. The summed E-state index contributed by atoms with van der Waals surface area (Å²) in [5.41, 5.74) is 0.225. The molecule has 0 heterocycles. The lowest BCUT2D eigenvalue weighted by molar-refractivity contribution is -0.519. The molecular weight excluding hydrogens is 268 g/mol. The van der Waals surface area contributed by atoms with Crippen molar-refractivity contribution in [2.24, 2.45) is 0 Å². The molecule has 0 fully saturated rings. The first-order valence-electron chi connectivity index (χ1n) is 7.34. The third-order valence-electron chi connectivity index (χ3n) is 3.06. The Morgan fingerprint density at radius 2 is 1.90 bits per heavy atom. The van der Waals surface area contributed by atoms with Crippen LogP contribution in [0.5, 0.6) is 0 Å². The van der Waals surface area contributed by atoms with Gasteiger partial charge in [0.05, 0.1) is 0 Å². The summed E-state index contributed by atoms with van der Waals surface area (Å²) in [5.74, 6) is -0.574. The van der Waals surface area contributed by atoms with Gasteiger partial charge in [-0.1, -0.05) is 56.2 Å². The minimum Gasteiger partial charge on any atom is -0.264 e. The Bertz CT molecular complexity index is 437. The molecule has 0 aliphatic heterocycles. The standard InChI is InChI=1S/C17H24O4/c1-4-5-6-7-11-14-16(18)19-21-20-17(2,3)15-12-9-8-10-13-15/h8-14H,4-7H2,1-3H3. The fourth-order valence-corrected chi connectivity index (χ4v) is 1.74. The molecule has 0 saturated heterocycles. The van der Waals surface area contributed by atoms with Gasteiger partial charge in [-0.2, -0.15) is 4.89 Å². The number of hydrogen-bond donors (Lipinski definition) is 0. The van der Waals surface area contributed by atoms with E-state index < -0.39 is 11.6 Å². The van der Waals surface area contributed by atoms with Crippen molar-refractivity contribution in [2.75, 3.05) is 0 Å². The molecule has 4 nitrogen and oxygen atoms in total. The monoisotopic (exact) mass is 292 g/mol. The van der Waals surface area contributed by atoms with Crippen LogP contribution in [0.4, 0.5) is 0 Å². The van der Waals surface area contributed by atoms with Gasteiger partial charge in [-0.15, -0.1) is 0 Å². The number of carbonyl (C=O) groups excluding carboxylic acids is 1. The molecule has 0 aliphatic carbocycles. The predicted octanol–water partition coefficient (Wildman–Crippen LogP) is 4.46. The van der Waals surface area contributed by atoms with Gasteiger partial charge in [-0.25, -0.2) is 4.79 Å². The van der Waals surface area contributed by atoms with E-state index in [0.29, 0.717) is 0 Å². The van der Waals surface area contributed by atoms with Crippen molar-refractivity contribution in [1.82, 2.24) is 0 Å². The molecule has 21 heavy (non-hydrogen) atoms. The molecule has 1 aromatic carbocycles. The summed E-state index contributed by atoms with van der Waals surface area (Å²) < 4.78 is 0. The van der Waals surface area contributed by atoms with Crippen LogP contribution in [0.2, 0.25) is 0 Å². The number of allylic oxidation sites excluding steroid dienone is 1. The van der Waals surface area contributed by atoms with Crippen molar-refractivity contribution in [3.8, 4) is 0 Å². The summed E-state index contributed by atoms with van der Waals surface area (Å²) >= 11 is 0. The largest absolute Gasteiger partial charge is 0.368 e. The van der Waals surface area contributed by atoms with Gasteiger partial charge in [0, 0.05) is 6.08 Å². The molecule has 0 unspecified atom stereocenters. The number of rotatable bonds is 9. The molecule has 0 N–H and O–H groups in total. The Morgan fingerprint density at radius 1 is 1.19 bits per heavy atom. The van der Waals surface area contributed by atoms with Crippen LogP contribution in [0, 0.1) is 0 Å². The number of benzene rings is 1. The van der Waals surface area contributed by atoms with E-state index >= 15 is 0 Å². The second-order valence-electron chi connectivity index (χ2n) is 5.33. The predicted molar refractivity (Wildman–Crippen MR) is 81.0 cm³/mol. The van der Waals surface area contributed by atoms with Gasteiger partial charge < -0.3 is 0 Å². The smallest absolute Gasteiger partial charge is 0.264 e. The van der Waals surface area contributed by atoms with E-state index in [1.165, 1.54) is 6.08 Å². The van der Waals surface area contributed by atoms with Gasteiger partial charge in [0.15, 0.2) is 0 Å². The lowest BCUT2D eigenvalue weighted by Crippen LogP contribution is -2.22. The molecule has 1 aromatic rings. The van der Waals surface area contributed by atoms with Crippen molar-refractivity contribution in [3.05, 3.63) is 48.0 Å².